The first-order chi connectivity index (χ1) is 7.42. The van der Waals surface area contributed by atoms with E-state index < -0.39 is 0 Å². The average molecular weight is 207 g/mol. The van der Waals surface area contributed by atoms with E-state index in [0.29, 0.717) is 0 Å². The SMILES string of the molecule is O/N=C1\CCCCCCC1n1ccnc1. The Labute approximate surface area is 89.6 Å². The molecule has 1 aliphatic rings. The van der Waals surface area contributed by atoms with Gasteiger partial charge < -0.3 is 9.77 Å². The molecular formula is C11H17N3O. The second-order valence-corrected chi connectivity index (χ2v) is 4.07. The minimum Gasteiger partial charge on any atom is -0.411 e. The molecule has 4 heteroatoms. The van der Waals surface area contributed by atoms with Crippen LogP contribution in [-0.2, 0) is 0 Å². The molecule has 1 aliphatic carbocycles. The summed E-state index contributed by atoms with van der Waals surface area (Å²) in [6, 6.07) is 0.206. The van der Waals surface area contributed by atoms with Crippen molar-refractivity contribution in [2.24, 2.45) is 5.16 Å². The van der Waals surface area contributed by atoms with Gasteiger partial charge in [0.1, 0.15) is 0 Å². The van der Waals surface area contributed by atoms with Gasteiger partial charge in [-0.05, 0) is 19.3 Å². The van der Waals surface area contributed by atoms with Crippen molar-refractivity contribution in [2.45, 2.75) is 44.6 Å². The van der Waals surface area contributed by atoms with Crippen LogP contribution in [0.1, 0.15) is 44.6 Å². The van der Waals surface area contributed by atoms with Crippen molar-refractivity contribution in [1.82, 2.24) is 9.55 Å². The van der Waals surface area contributed by atoms with Crippen LogP contribution >= 0.6 is 0 Å². The largest absolute Gasteiger partial charge is 0.411 e. The Morgan fingerprint density at radius 1 is 1.33 bits per heavy atom. The molecule has 1 aromatic heterocycles. The fourth-order valence-corrected chi connectivity index (χ4v) is 2.22. The van der Waals surface area contributed by atoms with Crippen LogP contribution in [0, 0.1) is 0 Å². The molecule has 0 aromatic carbocycles. The molecule has 0 bridgehead atoms. The van der Waals surface area contributed by atoms with E-state index >= 15 is 0 Å². The van der Waals surface area contributed by atoms with Crippen molar-refractivity contribution in [3.05, 3.63) is 18.7 Å². The lowest BCUT2D eigenvalue weighted by atomic mass is 9.95. The van der Waals surface area contributed by atoms with E-state index in [1.54, 1.807) is 12.5 Å². The van der Waals surface area contributed by atoms with Gasteiger partial charge in [0, 0.05) is 12.4 Å². The molecule has 0 aliphatic heterocycles. The average Bonchev–Trinajstić information content (AvgIpc) is 2.71. The zero-order valence-corrected chi connectivity index (χ0v) is 8.84. The van der Waals surface area contributed by atoms with Gasteiger partial charge in [0.05, 0.1) is 18.1 Å². The van der Waals surface area contributed by atoms with Crippen molar-refractivity contribution in [2.75, 3.05) is 0 Å². The van der Waals surface area contributed by atoms with E-state index in [1.807, 2.05) is 10.8 Å². The highest BCUT2D eigenvalue weighted by atomic mass is 16.4. The molecule has 0 radical (unpaired) electrons. The molecule has 1 aromatic rings. The third kappa shape index (κ3) is 2.37. The van der Waals surface area contributed by atoms with Crippen LogP contribution in [-0.4, -0.2) is 20.5 Å². The summed E-state index contributed by atoms with van der Waals surface area (Å²) in [5.41, 5.74) is 0.896. The summed E-state index contributed by atoms with van der Waals surface area (Å²) in [4.78, 5) is 4.05. The maximum atomic E-state index is 9.03. The molecule has 1 unspecified atom stereocenters. The van der Waals surface area contributed by atoms with E-state index in [1.165, 1.54) is 19.3 Å². The Balaban J connectivity index is 2.17. The second kappa shape index (κ2) is 4.96. The Morgan fingerprint density at radius 3 is 2.93 bits per heavy atom. The number of hydrogen-bond donors (Lipinski definition) is 1. The lowest BCUT2D eigenvalue weighted by Gasteiger charge is -2.21. The van der Waals surface area contributed by atoms with Crippen LogP contribution in [0.2, 0.25) is 0 Å². The molecule has 1 heterocycles. The molecule has 0 saturated heterocycles. The predicted octanol–water partition coefficient (Wildman–Crippen LogP) is 2.61. The first-order valence-electron chi connectivity index (χ1n) is 5.60. The van der Waals surface area contributed by atoms with Crippen LogP contribution in [0.5, 0.6) is 0 Å². The van der Waals surface area contributed by atoms with Gasteiger partial charge in [-0.25, -0.2) is 4.98 Å². The standard InChI is InChI=1S/C11H17N3O/c15-13-10-5-3-1-2-4-6-11(10)14-8-7-12-9-14/h7-9,11,15H,1-6H2/b13-10+. The van der Waals surface area contributed by atoms with E-state index in [-0.39, 0.29) is 6.04 Å². The molecule has 4 nitrogen and oxygen atoms in total. The lowest BCUT2D eigenvalue weighted by molar-refractivity contribution is 0.310. The monoisotopic (exact) mass is 207 g/mol. The van der Waals surface area contributed by atoms with Gasteiger partial charge in [-0.1, -0.05) is 24.4 Å². The summed E-state index contributed by atoms with van der Waals surface area (Å²) in [6.45, 7) is 0. The van der Waals surface area contributed by atoms with Crippen molar-refractivity contribution in [1.29, 1.82) is 0 Å². The van der Waals surface area contributed by atoms with Crippen LogP contribution in [0.15, 0.2) is 23.9 Å². The predicted molar refractivity (Wildman–Crippen MR) is 58.2 cm³/mol. The van der Waals surface area contributed by atoms with Gasteiger partial charge in [0.2, 0.25) is 0 Å². The summed E-state index contributed by atoms with van der Waals surface area (Å²) in [5, 5.41) is 12.5. The van der Waals surface area contributed by atoms with E-state index in [0.717, 1.165) is 25.0 Å². The van der Waals surface area contributed by atoms with Gasteiger partial charge >= 0.3 is 0 Å². The number of nitrogens with zero attached hydrogens (tertiary/aromatic N) is 3. The topological polar surface area (TPSA) is 50.4 Å². The summed E-state index contributed by atoms with van der Waals surface area (Å²) in [6.07, 6.45) is 12.3. The highest BCUT2D eigenvalue weighted by Crippen LogP contribution is 2.24. The third-order valence-corrected chi connectivity index (χ3v) is 3.06. The number of rotatable bonds is 1. The van der Waals surface area contributed by atoms with E-state index in [4.69, 9.17) is 5.21 Å². The molecule has 15 heavy (non-hydrogen) atoms. The molecule has 82 valence electrons. The molecule has 1 N–H and O–H groups in total. The van der Waals surface area contributed by atoms with Crippen LogP contribution < -0.4 is 0 Å². The van der Waals surface area contributed by atoms with Crippen molar-refractivity contribution in [3.63, 3.8) is 0 Å². The number of imidazole rings is 1. The van der Waals surface area contributed by atoms with Crippen molar-refractivity contribution < 1.29 is 5.21 Å². The highest BCUT2D eigenvalue weighted by Gasteiger charge is 2.19. The number of oxime groups is 1. The molecule has 1 fully saturated rings. The fraction of sp³-hybridized carbons (Fsp3) is 0.636. The number of aromatic nitrogens is 2. The van der Waals surface area contributed by atoms with Crippen molar-refractivity contribution >= 4 is 5.71 Å². The van der Waals surface area contributed by atoms with Gasteiger partial charge in [-0.15, -0.1) is 0 Å². The number of hydrogen-bond acceptors (Lipinski definition) is 3. The van der Waals surface area contributed by atoms with E-state index in [9.17, 15) is 0 Å². The van der Waals surface area contributed by atoms with E-state index in [2.05, 4.69) is 10.1 Å². The first kappa shape index (κ1) is 10.2. The second-order valence-electron chi connectivity index (χ2n) is 4.07. The summed E-state index contributed by atoms with van der Waals surface area (Å²) in [7, 11) is 0. The van der Waals surface area contributed by atoms with Crippen molar-refractivity contribution in [3.8, 4) is 0 Å². The van der Waals surface area contributed by atoms with Gasteiger partial charge in [-0.2, -0.15) is 0 Å². The lowest BCUT2D eigenvalue weighted by Crippen LogP contribution is -2.20. The summed E-state index contributed by atoms with van der Waals surface area (Å²) >= 11 is 0. The quantitative estimate of drug-likeness (QED) is 0.568. The fourth-order valence-electron chi connectivity index (χ4n) is 2.22. The Morgan fingerprint density at radius 2 is 2.20 bits per heavy atom. The smallest absolute Gasteiger partial charge is 0.0952 e. The Bertz CT molecular complexity index is 319. The minimum atomic E-state index is 0.206. The van der Waals surface area contributed by atoms with Gasteiger partial charge in [-0.3, -0.25) is 0 Å². The normalized spacial score (nSPS) is 26.1. The first-order valence-corrected chi connectivity index (χ1v) is 5.60. The maximum absolute atomic E-state index is 9.03. The van der Waals surface area contributed by atoms with Crippen LogP contribution in [0.3, 0.4) is 0 Å². The summed E-state index contributed by atoms with van der Waals surface area (Å²) in [5.74, 6) is 0. The third-order valence-electron chi connectivity index (χ3n) is 3.06. The molecule has 1 saturated carbocycles. The minimum absolute atomic E-state index is 0.206. The maximum Gasteiger partial charge on any atom is 0.0952 e. The van der Waals surface area contributed by atoms with Gasteiger partial charge in [0.25, 0.3) is 0 Å². The Hall–Kier alpha value is -1.32. The van der Waals surface area contributed by atoms with Gasteiger partial charge in [0.15, 0.2) is 0 Å². The zero-order valence-electron chi connectivity index (χ0n) is 8.84. The molecule has 1 atom stereocenters. The molecule has 2 rings (SSSR count). The highest BCUT2D eigenvalue weighted by molar-refractivity contribution is 5.87. The van der Waals surface area contributed by atoms with Crippen LogP contribution in [0.4, 0.5) is 0 Å². The molecule has 0 amide bonds. The zero-order chi connectivity index (χ0) is 10.5. The summed E-state index contributed by atoms with van der Waals surface area (Å²) < 4.78 is 2.04. The van der Waals surface area contributed by atoms with Crippen LogP contribution in [0.25, 0.3) is 0 Å². The molecule has 0 spiro atoms. The Kier molecular flexibility index (Phi) is 3.37. The molecular weight excluding hydrogens is 190 g/mol.